The zero-order chi connectivity index (χ0) is 21.6. The molecule has 0 aliphatic carbocycles. The summed E-state index contributed by atoms with van der Waals surface area (Å²) in [6.07, 6.45) is 0. The lowest BCUT2D eigenvalue weighted by Gasteiger charge is -2.18. The van der Waals surface area contributed by atoms with E-state index in [1.54, 1.807) is 26.0 Å². The minimum Gasteiger partial charge on any atom is -0.495 e. The third-order valence-corrected chi connectivity index (χ3v) is 7.07. The summed E-state index contributed by atoms with van der Waals surface area (Å²) in [7, 11) is -2.37. The van der Waals surface area contributed by atoms with Gasteiger partial charge in [-0.3, -0.25) is 9.59 Å². The lowest BCUT2D eigenvalue weighted by atomic mass is 9.95. The molecule has 0 atom stereocenters. The van der Waals surface area contributed by atoms with Crippen LogP contribution in [0.4, 0.5) is 11.4 Å². The van der Waals surface area contributed by atoms with Crippen molar-refractivity contribution in [2.75, 3.05) is 22.5 Å². The number of methoxy groups -OCH3 is 1. The van der Waals surface area contributed by atoms with Crippen LogP contribution in [0.5, 0.6) is 5.75 Å². The Hall–Kier alpha value is -2.29. The highest BCUT2D eigenvalue weighted by atomic mass is 35.5. The Labute approximate surface area is 178 Å². The number of nitrogens with zero attached hydrogens (tertiary/aromatic N) is 1. The normalized spacial score (nSPS) is 17.3. The number of rotatable bonds is 4. The first-order chi connectivity index (χ1) is 13.5. The molecule has 2 aromatic rings. The van der Waals surface area contributed by atoms with Crippen LogP contribution in [0.3, 0.4) is 0 Å². The van der Waals surface area contributed by atoms with Crippen LogP contribution in [0.2, 0.25) is 10.0 Å². The zero-order valence-electron chi connectivity index (χ0n) is 15.8. The van der Waals surface area contributed by atoms with Crippen LogP contribution in [0.1, 0.15) is 24.2 Å². The maximum atomic E-state index is 12.7. The van der Waals surface area contributed by atoms with Gasteiger partial charge in [0.2, 0.25) is 15.9 Å². The molecular weight excluding hydrogens is 439 g/mol. The molecule has 0 aromatic heterocycles. The highest BCUT2D eigenvalue weighted by molar-refractivity contribution is 7.94. The molecule has 1 N–H and O–H groups in total. The molecule has 10 heteroatoms. The van der Waals surface area contributed by atoms with Gasteiger partial charge in [-0.15, -0.1) is 0 Å². The Balaban J connectivity index is 1.94. The Morgan fingerprint density at radius 1 is 1.14 bits per heavy atom. The third-order valence-electron chi connectivity index (χ3n) is 4.42. The van der Waals surface area contributed by atoms with Gasteiger partial charge in [0.05, 0.1) is 39.6 Å². The second kappa shape index (κ2) is 7.51. The summed E-state index contributed by atoms with van der Waals surface area (Å²) in [5.41, 5.74) is -0.583. The van der Waals surface area contributed by atoms with Gasteiger partial charge in [0.25, 0.3) is 5.91 Å². The molecule has 2 aromatic carbocycles. The summed E-state index contributed by atoms with van der Waals surface area (Å²) in [5, 5.41) is 3.05. The molecule has 1 heterocycles. The van der Waals surface area contributed by atoms with Gasteiger partial charge in [-0.1, -0.05) is 23.2 Å². The van der Waals surface area contributed by atoms with Gasteiger partial charge in [0.15, 0.2) is 0 Å². The SMILES string of the molecule is COc1ccc(NC(=O)c2cc(N3C(=O)C(C)(C)CS3(=O)=O)ccc2Cl)cc1Cl. The molecule has 0 unspecified atom stereocenters. The Kier molecular flexibility index (Phi) is 5.55. The minimum atomic E-state index is -3.85. The van der Waals surface area contributed by atoms with Crippen molar-refractivity contribution in [3.63, 3.8) is 0 Å². The molecule has 1 aliphatic heterocycles. The fourth-order valence-corrected chi connectivity index (χ4v) is 5.58. The molecule has 1 aliphatic rings. The molecule has 0 spiro atoms. The van der Waals surface area contributed by atoms with E-state index in [0.29, 0.717) is 16.5 Å². The van der Waals surface area contributed by atoms with Crippen LogP contribution in [-0.4, -0.2) is 33.1 Å². The van der Waals surface area contributed by atoms with Gasteiger partial charge >= 0.3 is 0 Å². The van der Waals surface area contributed by atoms with Crippen molar-refractivity contribution in [2.24, 2.45) is 5.41 Å². The van der Waals surface area contributed by atoms with E-state index in [-0.39, 0.29) is 22.0 Å². The maximum absolute atomic E-state index is 12.7. The number of carbonyl (C=O) groups excluding carboxylic acids is 2. The standard InChI is InChI=1S/C19H18Cl2N2O5S/c1-19(2)10-29(26,27)23(18(19)25)12-5-6-14(20)13(9-12)17(24)22-11-4-7-16(28-3)15(21)8-11/h4-9H,10H2,1-3H3,(H,22,24). The molecule has 1 saturated heterocycles. The number of carbonyl (C=O) groups is 2. The monoisotopic (exact) mass is 456 g/mol. The number of anilines is 2. The fraction of sp³-hybridized carbons (Fsp3) is 0.263. The summed E-state index contributed by atoms with van der Waals surface area (Å²) in [4.78, 5) is 25.3. The molecule has 7 nitrogen and oxygen atoms in total. The van der Waals surface area contributed by atoms with Crippen LogP contribution in [-0.2, 0) is 14.8 Å². The van der Waals surface area contributed by atoms with E-state index in [0.717, 1.165) is 4.31 Å². The van der Waals surface area contributed by atoms with Gasteiger partial charge in [0, 0.05) is 5.69 Å². The molecule has 29 heavy (non-hydrogen) atoms. The largest absolute Gasteiger partial charge is 0.495 e. The first-order valence-corrected chi connectivity index (χ1v) is 10.8. The molecule has 2 amide bonds. The van der Waals surface area contributed by atoms with Crippen molar-refractivity contribution in [3.8, 4) is 5.75 Å². The Morgan fingerprint density at radius 2 is 1.83 bits per heavy atom. The molecule has 0 radical (unpaired) electrons. The van der Waals surface area contributed by atoms with E-state index in [4.69, 9.17) is 27.9 Å². The number of nitrogens with one attached hydrogen (secondary N) is 1. The number of halogens is 2. The lowest BCUT2D eigenvalue weighted by molar-refractivity contribution is -0.123. The highest BCUT2D eigenvalue weighted by Gasteiger charge is 2.50. The second-order valence-corrected chi connectivity index (χ2v) is 9.81. The van der Waals surface area contributed by atoms with Crippen molar-refractivity contribution in [2.45, 2.75) is 13.8 Å². The molecule has 3 rings (SSSR count). The maximum Gasteiger partial charge on any atom is 0.257 e. The van der Waals surface area contributed by atoms with E-state index in [2.05, 4.69) is 5.32 Å². The predicted molar refractivity (Wildman–Crippen MR) is 112 cm³/mol. The number of ether oxygens (including phenoxy) is 1. The number of sulfonamides is 1. The summed E-state index contributed by atoms with van der Waals surface area (Å²) >= 11 is 12.2. The van der Waals surface area contributed by atoms with Crippen molar-refractivity contribution in [1.82, 2.24) is 0 Å². The zero-order valence-corrected chi connectivity index (χ0v) is 18.2. The van der Waals surface area contributed by atoms with Crippen LogP contribution in [0.15, 0.2) is 36.4 Å². The van der Waals surface area contributed by atoms with Gasteiger partial charge in [0.1, 0.15) is 5.75 Å². The molecule has 1 fully saturated rings. The first kappa shape index (κ1) is 21.4. The van der Waals surface area contributed by atoms with Gasteiger partial charge in [-0.2, -0.15) is 0 Å². The van der Waals surface area contributed by atoms with E-state index in [1.807, 2.05) is 0 Å². The number of hydrogen-bond acceptors (Lipinski definition) is 5. The smallest absolute Gasteiger partial charge is 0.257 e. The van der Waals surface area contributed by atoms with Crippen molar-refractivity contribution in [1.29, 1.82) is 0 Å². The third kappa shape index (κ3) is 4.05. The average Bonchev–Trinajstić information content (AvgIpc) is 2.78. The number of benzene rings is 2. The Morgan fingerprint density at radius 3 is 2.38 bits per heavy atom. The molecular formula is C19H18Cl2N2O5S. The predicted octanol–water partition coefficient (Wildman–Crippen LogP) is 3.96. The van der Waals surface area contributed by atoms with Gasteiger partial charge in [-0.25, -0.2) is 12.7 Å². The minimum absolute atomic E-state index is 0.0174. The molecule has 154 valence electrons. The fourth-order valence-electron chi connectivity index (χ4n) is 3.02. The molecule has 0 saturated carbocycles. The van der Waals surface area contributed by atoms with Crippen LogP contribution in [0, 0.1) is 5.41 Å². The van der Waals surface area contributed by atoms with Crippen molar-refractivity contribution >= 4 is 56.4 Å². The average molecular weight is 457 g/mol. The second-order valence-electron chi connectivity index (χ2n) is 7.18. The first-order valence-electron chi connectivity index (χ1n) is 8.48. The quantitative estimate of drug-likeness (QED) is 0.751. The van der Waals surface area contributed by atoms with Crippen LogP contribution in [0.25, 0.3) is 0 Å². The number of hydrogen-bond donors (Lipinski definition) is 1. The van der Waals surface area contributed by atoms with E-state index < -0.39 is 27.3 Å². The van der Waals surface area contributed by atoms with Gasteiger partial charge < -0.3 is 10.1 Å². The van der Waals surface area contributed by atoms with Crippen molar-refractivity contribution in [3.05, 3.63) is 52.0 Å². The van der Waals surface area contributed by atoms with Crippen molar-refractivity contribution < 1.29 is 22.7 Å². The molecule has 0 bridgehead atoms. The Bertz CT molecular complexity index is 1120. The topological polar surface area (TPSA) is 92.8 Å². The summed E-state index contributed by atoms with van der Waals surface area (Å²) in [6, 6.07) is 8.73. The van der Waals surface area contributed by atoms with Crippen LogP contribution >= 0.6 is 23.2 Å². The number of amides is 2. The summed E-state index contributed by atoms with van der Waals surface area (Å²) < 4.78 is 30.8. The van der Waals surface area contributed by atoms with E-state index in [1.165, 1.54) is 31.4 Å². The highest BCUT2D eigenvalue weighted by Crippen LogP contribution is 2.37. The van der Waals surface area contributed by atoms with Crippen LogP contribution < -0.4 is 14.4 Å². The summed E-state index contributed by atoms with van der Waals surface area (Å²) in [5.74, 6) is -1.01. The summed E-state index contributed by atoms with van der Waals surface area (Å²) in [6.45, 7) is 3.12. The lowest BCUT2D eigenvalue weighted by Crippen LogP contribution is -2.33. The van der Waals surface area contributed by atoms with E-state index in [9.17, 15) is 18.0 Å². The van der Waals surface area contributed by atoms with E-state index >= 15 is 0 Å². The van der Waals surface area contributed by atoms with Gasteiger partial charge in [-0.05, 0) is 50.2 Å².